The number of carbonyl (C=O) groups is 1. The van der Waals surface area contributed by atoms with Gasteiger partial charge in [-0.25, -0.2) is 9.78 Å². The molecule has 0 radical (unpaired) electrons. The SMILES string of the molecule is COC(=O)c1ccccc1Nc1ncccc1CN. The van der Waals surface area contributed by atoms with Gasteiger partial charge < -0.3 is 15.8 Å². The molecule has 0 aliphatic heterocycles. The highest BCUT2D eigenvalue weighted by Crippen LogP contribution is 2.22. The number of nitrogens with one attached hydrogen (secondary N) is 1. The molecule has 0 atom stereocenters. The van der Waals surface area contributed by atoms with Gasteiger partial charge in [-0.05, 0) is 18.2 Å². The number of methoxy groups -OCH3 is 1. The lowest BCUT2D eigenvalue weighted by atomic mass is 10.1. The Morgan fingerprint density at radius 3 is 2.84 bits per heavy atom. The molecule has 0 amide bonds. The number of rotatable bonds is 4. The standard InChI is InChI=1S/C14H15N3O2/c1-19-14(18)11-6-2-3-7-12(11)17-13-10(9-15)5-4-8-16-13/h2-8H,9,15H2,1H3,(H,16,17). The maximum absolute atomic E-state index is 11.7. The first-order chi connectivity index (χ1) is 9.26. The highest BCUT2D eigenvalue weighted by molar-refractivity contribution is 5.96. The van der Waals surface area contributed by atoms with Gasteiger partial charge in [-0.1, -0.05) is 18.2 Å². The normalized spacial score (nSPS) is 10.0. The van der Waals surface area contributed by atoms with Crippen molar-refractivity contribution in [3.8, 4) is 0 Å². The number of pyridine rings is 1. The molecule has 0 aliphatic carbocycles. The molecule has 2 aromatic rings. The van der Waals surface area contributed by atoms with E-state index in [4.69, 9.17) is 10.5 Å². The summed E-state index contributed by atoms with van der Waals surface area (Å²) >= 11 is 0. The van der Waals surface area contributed by atoms with Crippen molar-refractivity contribution >= 4 is 17.5 Å². The topological polar surface area (TPSA) is 77.2 Å². The zero-order valence-electron chi connectivity index (χ0n) is 10.6. The molecule has 5 nitrogen and oxygen atoms in total. The van der Waals surface area contributed by atoms with Gasteiger partial charge in [0, 0.05) is 18.3 Å². The molecule has 1 aromatic heterocycles. The molecule has 0 unspecified atom stereocenters. The maximum Gasteiger partial charge on any atom is 0.339 e. The molecule has 3 N–H and O–H groups in total. The monoisotopic (exact) mass is 257 g/mol. The number of anilines is 2. The predicted octanol–water partition coefficient (Wildman–Crippen LogP) is 2.07. The summed E-state index contributed by atoms with van der Waals surface area (Å²) in [4.78, 5) is 15.9. The number of para-hydroxylation sites is 1. The van der Waals surface area contributed by atoms with Crippen molar-refractivity contribution in [2.75, 3.05) is 12.4 Å². The van der Waals surface area contributed by atoms with Crippen molar-refractivity contribution in [2.24, 2.45) is 5.73 Å². The number of benzene rings is 1. The third-order valence-corrected chi connectivity index (χ3v) is 2.70. The summed E-state index contributed by atoms with van der Waals surface area (Å²) in [6.45, 7) is 0.372. The first kappa shape index (κ1) is 13.0. The van der Waals surface area contributed by atoms with Crippen LogP contribution in [0.1, 0.15) is 15.9 Å². The van der Waals surface area contributed by atoms with Crippen LogP contribution in [-0.4, -0.2) is 18.1 Å². The van der Waals surface area contributed by atoms with Gasteiger partial charge in [0.15, 0.2) is 0 Å². The van der Waals surface area contributed by atoms with E-state index in [0.717, 1.165) is 5.56 Å². The summed E-state index contributed by atoms with van der Waals surface area (Å²) < 4.78 is 4.75. The largest absolute Gasteiger partial charge is 0.465 e. The van der Waals surface area contributed by atoms with E-state index in [1.165, 1.54) is 7.11 Å². The molecule has 5 heteroatoms. The van der Waals surface area contributed by atoms with Gasteiger partial charge in [-0.15, -0.1) is 0 Å². The van der Waals surface area contributed by atoms with Crippen molar-refractivity contribution in [3.05, 3.63) is 53.7 Å². The van der Waals surface area contributed by atoms with Crippen LogP contribution in [0.3, 0.4) is 0 Å². The lowest BCUT2D eigenvalue weighted by Gasteiger charge is -2.12. The summed E-state index contributed by atoms with van der Waals surface area (Å²) in [5, 5.41) is 3.12. The Labute approximate surface area is 111 Å². The number of nitrogens with two attached hydrogens (primary N) is 1. The fourth-order valence-electron chi connectivity index (χ4n) is 1.72. The summed E-state index contributed by atoms with van der Waals surface area (Å²) in [6.07, 6.45) is 1.67. The van der Waals surface area contributed by atoms with Crippen LogP contribution >= 0.6 is 0 Å². The first-order valence-corrected chi connectivity index (χ1v) is 5.84. The van der Waals surface area contributed by atoms with Crippen LogP contribution in [0.25, 0.3) is 0 Å². The quantitative estimate of drug-likeness (QED) is 0.820. The third-order valence-electron chi connectivity index (χ3n) is 2.70. The highest BCUT2D eigenvalue weighted by atomic mass is 16.5. The van der Waals surface area contributed by atoms with Crippen LogP contribution in [0.15, 0.2) is 42.6 Å². The predicted molar refractivity (Wildman–Crippen MR) is 73.2 cm³/mol. The second kappa shape index (κ2) is 5.97. The minimum atomic E-state index is -0.395. The van der Waals surface area contributed by atoms with E-state index in [2.05, 4.69) is 10.3 Å². The minimum absolute atomic E-state index is 0.372. The van der Waals surface area contributed by atoms with E-state index < -0.39 is 5.97 Å². The molecule has 1 heterocycles. The second-order valence-electron chi connectivity index (χ2n) is 3.88. The molecule has 0 bridgehead atoms. The van der Waals surface area contributed by atoms with Crippen LogP contribution in [0.5, 0.6) is 0 Å². The lowest BCUT2D eigenvalue weighted by Crippen LogP contribution is -2.08. The number of carbonyl (C=O) groups excluding carboxylic acids is 1. The molecule has 2 rings (SSSR count). The first-order valence-electron chi connectivity index (χ1n) is 5.84. The Hall–Kier alpha value is -2.40. The molecular weight excluding hydrogens is 242 g/mol. The molecule has 0 aliphatic rings. The molecule has 1 aromatic carbocycles. The summed E-state index contributed by atoms with van der Waals surface area (Å²) in [5.74, 6) is 0.245. The van der Waals surface area contributed by atoms with Gasteiger partial charge in [-0.2, -0.15) is 0 Å². The Morgan fingerprint density at radius 1 is 1.32 bits per heavy atom. The number of aromatic nitrogens is 1. The van der Waals surface area contributed by atoms with Crippen molar-refractivity contribution in [1.29, 1.82) is 0 Å². The number of esters is 1. The third kappa shape index (κ3) is 2.89. The average Bonchev–Trinajstić information content (AvgIpc) is 2.47. The Morgan fingerprint density at radius 2 is 2.11 bits per heavy atom. The van der Waals surface area contributed by atoms with E-state index in [1.807, 2.05) is 18.2 Å². The molecule has 19 heavy (non-hydrogen) atoms. The van der Waals surface area contributed by atoms with Crippen molar-refractivity contribution in [2.45, 2.75) is 6.54 Å². The molecule has 98 valence electrons. The number of hydrogen-bond donors (Lipinski definition) is 2. The van der Waals surface area contributed by atoms with Gasteiger partial charge in [0.2, 0.25) is 0 Å². The minimum Gasteiger partial charge on any atom is -0.465 e. The number of hydrogen-bond acceptors (Lipinski definition) is 5. The van der Waals surface area contributed by atoms with Crippen LogP contribution in [-0.2, 0) is 11.3 Å². The van der Waals surface area contributed by atoms with E-state index in [0.29, 0.717) is 23.6 Å². The van der Waals surface area contributed by atoms with E-state index in [1.54, 1.807) is 24.4 Å². The van der Waals surface area contributed by atoms with Gasteiger partial charge in [0.1, 0.15) is 5.82 Å². The van der Waals surface area contributed by atoms with Crippen molar-refractivity contribution < 1.29 is 9.53 Å². The van der Waals surface area contributed by atoms with Gasteiger partial charge in [0.05, 0.1) is 18.4 Å². The maximum atomic E-state index is 11.7. The summed E-state index contributed by atoms with van der Waals surface area (Å²) in [5.41, 5.74) is 7.63. The second-order valence-corrected chi connectivity index (χ2v) is 3.88. The Bertz CT molecular complexity index is 584. The molecular formula is C14H15N3O2. The van der Waals surface area contributed by atoms with Gasteiger partial charge in [-0.3, -0.25) is 0 Å². The van der Waals surface area contributed by atoms with E-state index >= 15 is 0 Å². The van der Waals surface area contributed by atoms with Crippen LogP contribution in [0.2, 0.25) is 0 Å². The van der Waals surface area contributed by atoms with Crippen LogP contribution in [0.4, 0.5) is 11.5 Å². The smallest absolute Gasteiger partial charge is 0.339 e. The fraction of sp³-hybridized carbons (Fsp3) is 0.143. The van der Waals surface area contributed by atoms with E-state index in [-0.39, 0.29) is 0 Å². The van der Waals surface area contributed by atoms with Crippen molar-refractivity contribution in [1.82, 2.24) is 4.98 Å². The zero-order valence-corrected chi connectivity index (χ0v) is 10.6. The Kier molecular flexibility index (Phi) is 4.10. The van der Waals surface area contributed by atoms with Gasteiger partial charge in [0.25, 0.3) is 0 Å². The van der Waals surface area contributed by atoms with E-state index in [9.17, 15) is 4.79 Å². The average molecular weight is 257 g/mol. The molecule has 0 spiro atoms. The lowest BCUT2D eigenvalue weighted by molar-refractivity contribution is 0.0602. The summed E-state index contributed by atoms with van der Waals surface area (Å²) in [6, 6.07) is 10.8. The summed E-state index contributed by atoms with van der Waals surface area (Å²) in [7, 11) is 1.35. The Balaban J connectivity index is 2.36. The van der Waals surface area contributed by atoms with Crippen LogP contribution < -0.4 is 11.1 Å². The zero-order chi connectivity index (χ0) is 13.7. The molecule has 0 fully saturated rings. The van der Waals surface area contributed by atoms with Gasteiger partial charge >= 0.3 is 5.97 Å². The number of ether oxygens (including phenoxy) is 1. The fourth-order valence-corrected chi connectivity index (χ4v) is 1.72. The number of nitrogens with zero attached hydrogens (tertiary/aromatic N) is 1. The molecule has 0 saturated heterocycles. The molecule has 0 saturated carbocycles. The highest BCUT2D eigenvalue weighted by Gasteiger charge is 2.12. The van der Waals surface area contributed by atoms with Crippen molar-refractivity contribution in [3.63, 3.8) is 0 Å². The van der Waals surface area contributed by atoms with Crippen LogP contribution in [0, 0.1) is 0 Å².